The van der Waals surface area contributed by atoms with Crippen LogP contribution in [0.25, 0.3) is 0 Å². The van der Waals surface area contributed by atoms with E-state index in [1.54, 1.807) is 49.5 Å². The molecule has 0 aliphatic carbocycles. The van der Waals surface area contributed by atoms with Crippen LogP contribution in [0.2, 0.25) is 10.0 Å². The molecule has 0 unspecified atom stereocenters. The van der Waals surface area contributed by atoms with Crippen LogP contribution >= 0.6 is 35.4 Å². The predicted molar refractivity (Wildman–Crippen MR) is 115 cm³/mol. The van der Waals surface area contributed by atoms with Crippen molar-refractivity contribution in [2.24, 2.45) is 0 Å². The molecule has 0 fully saturated rings. The summed E-state index contributed by atoms with van der Waals surface area (Å²) in [6, 6.07) is 11.7. The summed E-state index contributed by atoms with van der Waals surface area (Å²) in [7, 11) is 1.56. The van der Waals surface area contributed by atoms with Gasteiger partial charge in [0.15, 0.2) is 5.11 Å². The van der Waals surface area contributed by atoms with Crippen LogP contribution in [-0.2, 0) is 4.79 Å². The minimum absolute atomic E-state index is 0.176. The van der Waals surface area contributed by atoms with Crippen molar-refractivity contribution in [2.75, 3.05) is 19.0 Å². The number of rotatable bonds is 7. The summed E-state index contributed by atoms with van der Waals surface area (Å²) >= 11 is 17.0. The molecule has 0 atom stereocenters. The number of amides is 2. The number of hydrogen-bond acceptors (Lipinski definition) is 4. The average Bonchev–Trinajstić information content (AvgIpc) is 2.66. The minimum Gasteiger partial charge on any atom is -0.492 e. The van der Waals surface area contributed by atoms with Gasteiger partial charge in [0, 0.05) is 29.7 Å². The molecule has 2 aromatic carbocycles. The van der Waals surface area contributed by atoms with Gasteiger partial charge in [-0.05, 0) is 61.1 Å². The van der Waals surface area contributed by atoms with Gasteiger partial charge in [0.1, 0.15) is 5.75 Å². The maximum Gasteiger partial charge on any atom is 0.251 e. The summed E-state index contributed by atoms with van der Waals surface area (Å²) in [6.45, 7) is 0.329. The minimum atomic E-state index is -0.231. The molecule has 0 saturated heterocycles. The lowest BCUT2D eigenvalue weighted by atomic mass is 10.2. The van der Waals surface area contributed by atoms with E-state index in [4.69, 9.17) is 40.2 Å². The van der Waals surface area contributed by atoms with E-state index in [-0.39, 0.29) is 23.3 Å². The Balaban J connectivity index is 1.70. The van der Waals surface area contributed by atoms with Gasteiger partial charge < -0.3 is 20.7 Å². The van der Waals surface area contributed by atoms with E-state index in [9.17, 15) is 9.59 Å². The molecular weight excluding hydrogens is 421 g/mol. The fraction of sp³-hybridized carbons (Fsp3) is 0.211. The second kappa shape index (κ2) is 10.8. The van der Waals surface area contributed by atoms with Crippen LogP contribution in [0.5, 0.6) is 5.75 Å². The highest BCUT2D eigenvalue weighted by Crippen LogP contribution is 2.27. The standard InChI is InChI=1S/C19H19Cl2N3O3S/c1-22-18(26)12-4-7-14(8-5-12)23-19(28)24-17(25)3-2-10-27-16-9-6-13(20)11-15(16)21/h4-9,11H,2-3,10H2,1H3,(H,22,26)(H2,23,24,25,28). The monoisotopic (exact) mass is 439 g/mol. The molecule has 0 aliphatic rings. The summed E-state index contributed by atoms with van der Waals surface area (Å²) in [6.07, 6.45) is 0.733. The highest BCUT2D eigenvalue weighted by atomic mass is 35.5. The molecule has 2 amide bonds. The van der Waals surface area contributed by atoms with Crippen LogP contribution in [0.15, 0.2) is 42.5 Å². The second-order valence-electron chi connectivity index (χ2n) is 5.69. The van der Waals surface area contributed by atoms with Crippen molar-refractivity contribution < 1.29 is 14.3 Å². The molecule has 0 radical (unpaired) electrons. The maximum absolute atomic E-state index is 12.0. The van der Waals surface area contributed by atoms with Gasteiger partial charge in [0.25, 0.3) is 5.91 Å². The molecule has 0 saturated carbocycles. The van der Waals surface area contributed by atoms with Crippen molar-refractivity contribution in [3.8, 4) is 5.75 Å². The van der Waals surface area contributed by atoms with Crippen LogP contribution in [0, 0.1) is 0 Å². The van der Waals surface area contributed by atoms with Crippen molar-refractivity contribution in [1.82, 2.24) is 10.6 Å². The molecule has 0 heterocycles. The molecule has 0 bridgehead atoms. The van der Waals surface area contributed by atoms with Gasteiger partial charge >= 0.3 is 0 Å². The van der Waals surface area contributed by atoms with Gasteiger partial charge in [0.2, 0.25) is 5.91 Å². The van der Waals surface area contributed by atoms with Crippen LogP contribution in [0.3, 0.4) is 0 Å². The molecule has 9 heteroatoms. The lowest BCUT2D eigenvalue weighted by Gasteiger charge is -2.11. The first-order chi connectivity index (χ1) is 13.4. The molecule has 0 aromatic heterocycles. The molecular formula is C19H19Cl2N3O3S. The zero-order valence-electron chi connectivity index (χ0n) is 15.1. The van der Waals surface area contributed by atoms with Crippen molar-refractivity contribution in [3.05, 3.63) is 58.1 Å². The first kappa shape index (κ1) is 21.9. The quantitative estimate of drug-likeness (QED) is 0.448. The van der Waals surface area contributed by atoms with Gasteiger partial charge in [0.05, 0.1) is 11.6 Å². The fourth-order valence-corrected chi connectivity index (χ4v) is 2.90. The van der Waals surface area contributed by atoms with E-state index in [1.165, 1.54) is 0 Å². The number of anilines is 1. The Bertz CT molecular complexity index is 860. The first-order valence-corrected chi connectivity index (χ1v) is 9.56. The van der Waals surface area contributed by atoms with E-state index >= 15 is 0 Å². The number of thiocarbonyl (C=S) groups is 1. The summed E-state index contributed by atoms with van der Waals surface area (Å²) in [4.78, 5) is 23.5. The molecule has 0 spiro atoms. The number of benzene rings is 2. The summed E-state index contributed by atoms with van der Waals surface area (Å²) in [5, 5.41) is 9.16. The van der Waals surface area contributed by atoms with E-state index < -0.39 is 0 Å². The Labute approximate surface area is 178 Å². The largest absolute Gasteiger partial charge is 0.492 e. The lowest BCUT2D eigenvalue weighted by molar-refractivity contribution is -0.119. The van der Waals surface area contributed by atoms with Gasteiger partial charge in [-0.2, -0.15) is 0 Å². The van der Waals surface area contributed by atoms with Gasteiger partial charge in [-0.3, -0.25) is 9.59 Å². The molecule has 28 heavy (non-hydrogen) atoms. The van der Waals surface area contributed by atoms with Gasteiger partial charge in [-0.1, -0.05) is 23.2 Å². The highest BCUT2D eigenvalue weighted by Gasteiger charge is 2.07. The summed E-state index contributed by atoms with van der Waals surface area (Å²) in [5.74, 6) is 0.110. The molecule has 6 nitrogen and oxygen atoms in total. The van der Waals surface area contributed by atoms with Crippen LogP contribution in [0.1, 0.15) is 23.2 Å². The molecule has 2 rings (SSSR count). The van der Waals surface area contributed by atoms with Crippen LogP contribution in [-0.4, -0.2) is 30.6 Å². The molecule has 3 N–H and O–H groups in total. The number of halogens is 2. The third-order valence-corrected chi connectivity index (χ3v) is 4.32. The Morgan fingerprint density at radius 3 is 2.46 bits per heavy atom. The Kier molecular flexibility index (Phi) is 8.50. The van der Waals surface area contributed by atoms with Crippen molar-refractivity contribution in [1.29, 1.82) is 0 Å². The van der Waals surface area contributed by atoms with Crippen LogP contribution < -0.4 is 20.7 Å². The van der Waals surface area contributed by atoms with Crippen molar-refractivity contribution >= 4 is 58.0 Å². The average molecular weight is 440 g/mol. The van der Waals surface area contributed by atoms with Gasteiger partial charge in [-0.15, -0.1) is 0 Å². The number of ether oxygens (including phenoxy) is 1. The number of carbonyl (C=O) groups is 2. The Morgan fingerprint density at radius 1 is 1.11 bits per heavy atom. The van der Waals surface area contributed by atoms with Crippen molar-refractivity contribution in [2.45, 2.75) is 12.8 Å². The van der Waals surface area contributed by atoms with Crippen LogP contribution in [0.4, 0.5) is 5.69 Å². The number of carbonyl (C=O) groups excluding carboxylic acids is 2. The third-order valence-electron chi connectivity index (χ3n) is 3.58. The SMILES string of the molecule is CNC(=O)c1ccc(NC(=S)NC(=O)CCCOc2ccc(Cl)cc2Cl)cc1. The molecule has 148 valence electrons. The van der Waals surface area contributed by atoms with E-state index in [0.29, 0.717) is 40.1 Å². The number of hydrogen-bond donors (Lipinski definition) is 3. The Hall–Kier alpha value is -2.35. The Morgan fingerprint density at radius 2 is 1.82 bits per heavy atom. The fourth-order valence-electron chi connectivity index (χ4n) is 2.21. The number of nitrogens with one attached hydrogen (secondary N) is 3. The lowest BCUT2D eigenvalue weighted by Crippen LogP contribution is -2.34. The van der Waals surface area contributed by atoms with Crippen molar-refractivity contribution in [3.63, 3.8) is 0 Å². The van der Waals surface area contributed by atoms with E-state index in [0.717, 1.165) is 0 Å². The van der Waals surface area contributed by atoms with E-state index in [1.807, 2.05) is 0 Å². The predicted octanol–water partition coefficient (Wildman–Crippen LogP) is 4.03. The third kappa shape index (κ3) is 6.99. The normalized spacial score (nSPS) is 10.1. The smallest absolute Gasteiger partial charge is 0.251 e. The molecule has 2 aromatic rings. The second-order valence-corrected chi connectivity index (χ2v) is 6.94. The highest BCUT2D eigenvalue weighted by molar-refractivity contribution is 7.80. The van der Waals surface area contributed by atoms with E-state index in [2.05, 4.69) is 16.0 Å². The summed E-state index contributed by atoms with van der Waals surface area (Å²) in [5.41, 5.74) is 1.20. The van der Waals surface area contributed by atoms with Gasteiger partial charge in [-0.25, -0.2) is 0 Å². The zero-order valence-corrected chi connectivity index (χ0v) is 17.4. The topological polar surface area (TPSA) is 79.5 Å². The zero-order chi connectivity index (χ0) is 20.5. The molecule has 0 aliphatic heterocycles. The summed E-state index contributed by atoms with van der Waals surface area (Å²) < 4.78 is 5.53. The maximum atomic E-state index is 12.0. The first-order valence-electron chi connectivity index (χ1n) is 8.40.